The smallest absolute Gasteiger partial charge is 0.202 e. The first kappa shape index (κ1) is 27.3. The Hall–Kier alpha value is -5.82. The quantitative estimate of drug-likeness (QED) is 0.177. The van der Waals surface area contributed by atoms with Crippen LogP contribution in [0.15, 0.2) is 157 Å². The van der Waals surface area contributed by atoms with Crippen LogP contribution in [0.2, 0.25) is 0 Å². The normalized spacial score (nSPS) is 14.5. The highest BCUT2D eigenvalue weighted by molar-refractivity contribution is 7.81. The number of fused-ring (bicyclic) bond motifs is 7. The van der Waals surface area contributed by atoms with Gasteiger partial charge in [-0.2, -0.15) is 0 Å². The van der Waals surface area contributed by atoms with E-state index in [2.05, 4.69) is 143 Å². The lowest BCUT2D eigenvalue weighted by atomic mass is 10.0. The molecule has 2 aromatic heterocycles. The first-order chi connectivity index (χ1) is 23.7. The highest BCUT2D eigenvalue weighted by Gasteiger charge is 2.40. The summed E-state index contributed by atoms with van der Waals surface area (Å²) in [4.78, 5) is 0. The van der Waals surface area contributed by atoms with Gasteiger partial charge in [-0.3, -0.25) is 0 Å². The van der Waals surface area contributed by atoms with E-state index in [0.29, 0.717) is 21.6 Å². The van der Waals surface area contributed by atoms with Crippen molar-refractivity contribution >= 4 is 89.3 Å². The third kappa shape index (κ3) is 3.87. The Kier molecular flexibility index (Phi) is 5.88. The van der Waals surface area contributed by atoms with E-state index in [9.17, 15) is 0 Å². The number of thiocarbonyl (C=S) groups is 2. The topological polar surface area (TPSA) is 28.3 Å². The van der Waals surface area contributed by atoms with Crippen molar-refractivity contribution in [1.82, 2.24) is 9.13 Å². The van der Waals surface area contributed by atoms with E-state index in [1.165, 1.54) is 0 Å². The summed E-state index contributed by atoms with van der Waals surface area (Å²) in [6, 6.07) is 50.7. The van der Waals surface area contributed by atoms with E-state index in [0.717, 1.165) is 77.3 Å². The van der Waals surface area contributed by atoms with E-state index in [4.69, 9.17) is 33.9 Å². The van der Waals surface area contributed by atoms with E-state index in [1.54, 1.807) is 0 Å². The fourth-order valence-corrected chi connectivity index (χ4v) is 7.95. The molecule has 0 aliphatic carbocycles. The molecule has 226 valence electrons. The van der Waals surface area contributed by atoms with Crippen LogP contribution in [0.5, 0.6) is 0 Å². The number of benzene rings is 6. The van der Waals surface area contributed by atoms with Crippen molar-refractivity contribution in [3.05, 3.63) is 168 Å². The summed E-state index contributed by atoms with van der Waals surface area (Å²) in [5.41, 5.74) is 10.1. The van der Waals surface area contributed by atoms with Crippen LogP contribution in [0.25, 0.3) is 66.1 Å². The van der Waals surface area contributed by atoms with Crippen LogP contribution in [0.4, 0.5) is 0 Å². The van der Waals surface area contributed by atoms with Gasteiger partial charge in [-0.1, -0.05) is 84.9 Å². The number of nitrogens with zero attached hydrogens (tertiary/aromatic N) is 2. The third-order valence-corrected chi connectivity index (χ3v) is 9.98. The van der Waals surface area contributed by atoms with Crippen molar-refractivity contribution in [2.45, 2.75) is 0 Å². The van der Waals surface area contributed by atoms with Gasteiger partial charge in [0.15, 0.2) is 11.5 Å². The molecule has 0 atom stereocenters. The van der Waals surface area contributed by atoms with Crippen molar-refractivity contribution in [2.75, 3.05) is 0 Å². The molecule has 0 saturated carbocycles. The third-order valence-electron chi connectivity index (χ3n) is 9.41. The SMILES string of the molecule is S=C1OC2=C(c3ccc4c(c3)c3ccccc3n4-c3ccccc3)C(=S)OC2=C1c1ccc2c(c1)c1ccccc1n2-c1ccccc1. The first-order valence-corrected chi connectivity index (χ1v) is 16.6. The van der Waals surface area contributed by atoms with Gasteiger partial charge >= 0.3 is 0 Å². The molecule has 8 aromatic rings. The Labute approximate surface area is 286 Å². The monoisotopic (exact) mass is 652 g/mol. The van der Waals surface area contributed by atoms with Crippen LogP contribution in [0.1, 0.15) is 11.1 Å². The molecule has 0 N–H and O–H groups in total. The Morgan fingerprint density at radius 2 is 0.750 bits per heavy atom. The summed E-state index contributed by atoms with van der Waals surface area (Å²) in [5.74, 6) is 1.16. The minimum Gasteiger partial charge on any atom is -0.440 e. The molecule has 2 aliphatic heterocycles. The maximum Gasteiger partial charge on any atom is 0.202 e. The molecule has 0 bridgehead atoms. The standard InChI is InChI=1S/C42H24N2O2S2/c47-41-37(25-19-21-35-31(23-25)29-15-7-9-17-33(29)43(35)27-11-3-1-4-12-27)39-40(46-41)38(42(48)45-39)26-20-22-36-32(24-26)30-16-8-10-18-34(30)44(36)28-13-5-2-6-14-28/h1-24H. The number of aromatic nitrogens is 2. The Balaban J connectivity index is 1.14. The molecular formula is C42H24N2O2S2. The molecular weight excluding hydrogens is 629 g/mol. The zero-order valence-corrected chi connectivity index (χ0v) is 27.0. The maximum atomic E-state index is 6.35. The number of rotatable bonds is 4. The lowest BCUT2D eigenvalue weighted by Gasteiger charge is -2.09. The maximum absolute atomic E-state index is 6.35. The van der Waals surface area contributed by atoms with Gasteiger partial charge in [-0.15, -0.1) is 0 Å². The summed E-state index contributed by atoms with van der Waals surface area (Å²) in [5, 5.41) is 5.34. The summed E-state index contributed by atoms with van der Waals surface area (Å²) < 4.78 is 17.3. The fraction of sp³-hybridized carbons (Fsp3) is 0. The van der Waals surface area contributed by atoms with Gasteiger partial charge in [0.05, 0.1) is 33.2 Å². The largest absolute Gasteiger partial charge is 0.440 e. The second-order valence-electron chi connectivity index (χ2n) is 12.0. The minimum absolute atomic E-state index is 0.382. The predicted molar refractivity (Wildman–Crippen MR) is 203 cm³/mol. The van der Waals surface area contributed by atoms with Crippen LogP contribution in [0, 0.1) is 0 Å². The van der Waals surface area contributed by atoms with Crippen LogP contribution in [-0.4, -0.2) is 19.2 Å². The molecule has 10 rings (SSSR count). The zero-order valence-electron chi connectivity index (χ0n) is 25.4. The van der Waals surface area contributed by atoms with Crippen molar-refractivity contribution in [2.24, 2.45) is 0 Å². The lowest BCUT2D eigenvalue weighted by Crippen LogP contribution is -2.02. The predicted octanol–water partition coefficient (Wildman–Crippen LogP) is 10.7. The van der Waals surface area contributed by atoms with E-state index in [-0.39, 0.29) is 0 Å². The Morgan fingerprint density at radius 1 is 0.375 bits per heavy atom. The van der Waals surface area contributed by atoms with Crippen LogP contribution < -0.4 is 0 Å². The van der Waals surface area contributed by atoms with Gasteiger partial charge in [-0.05, 0) is 96.2 Å². The van der Waals surface area contributed by atoms with Gasteiger partial charge in [0.2, 0.25) is 10.1 Å². The molecule has 0 amide bonds. The Morgan fingerprint density at radius 3 is 1.19 bits per heavy atom. The molecule has 0 fully saturated rings. The zero-order chi connectivity index (χ0) is 31.9. The average molecular weight is 653 g/mol. The van der Waals surface area contributed by atoms with Crippen LogP contribution in [-0.2, 0) is 9.47 Å². The summed E-state index contributed by atoms with van der Waals surface area (Å²) in [6.45, 7) is 0. The van der Waals surface area contributed by atoms with Gasteiger partial charge in [0, 0.05) is 32.9 Å². The molecule has 48 heavy (non-hydrogen) atoms. The number of ether oxygens (including phenoxy) is 2. The second-order valence-corrected chi connectivity index (χ2v) is 12.8. The number of hydrogen-bond donors (Lipinski definition) is 0. The van der Waals surface area contributed by atoms with Gasteiger partial charge in [0.1, 0.15) is 0 Å². The molecule has 0 saturated heterocycles. The molecule has 4 nitrogen and oxygen atoms in total. The van der Waals surface area contributed by atoms with E-state index < -0.39 is 0 Å². The molecule has 6 heteroatoms. The van der Waals surface area contributed by atoms with Gasteiger partial charge in [0.25, 0.3) is 0 Å². The summed E-state index contributed by atoms with van der Waals surface area (Å²) in [6.07, 6.45) is 0. The minimum atomic E-state index is 0.382. The van der Waals surface area contributed by atoms with Crippen LogP contribution in [0.3, 0.4) is 0 Å². The average Bonchev–Trinajstić information content (AvgIpc) is 3.83. The Bertz CT molecular complexity index is 2560. The van der Waals surface area contributed by atoms with E-state index in [1.807, 2.05) is 12.1 Å². The summed E-state index contributed by atoms with van der Waals surface area (Å²) in [7, 11) is 0. The molecule has 0 radical (unpaired) electrons. The van der Waals surface area contributed by atoms with Gasteiger partial charge in [-0.25, -0.2) is 0 Å². The molecule has 6 aromatic carbocycles. The van der Waals surface area contributed by atoms with Crippen molar-refractivity contribution in [1.29, 1.82) is 0 Å². The lowest BCUT2D eigenvalue weighted by molar-refractivity contribution is 0.390. The summed E-state index contributed by atoms with van der Waals surface area (Å²) >= 11 is 11.7. The number of hydrogen-bond acceptors (Lipinski definition) is 4. The highest BCUT2D eigenvalue weighted by atomic mass is 32.1. The molecule has 0 unspecified atom stereocenters. The second kappa shape index (κ2) is 10.3. The molecule has 2 aliphatic rings. The van der Waals surface area contributed by atoms with E-state index >= 15 is 0 Å². The van der Waals surface area contributed by atoms with Gasteiger partial charge < -0.3 is 18.6 Å². The van der Waals surface area contributed by atoms with Crippen molar-refractivity contribution < 1.29 is 9.47 Å². The molecule has 0 spiro atoms. The molecule has 4 heterocycles. The van der Waals surface area contributed by atoms with Crippen molar-refractivity contribution in [3.8, 4) is 11.4 Å². The number of para-hydroxylation sites is 4. The fourth-order valence-electron chi connectivity index (χ4n) is 7.36. The first-order valence-electron chi connectivity index (χ1n) is 15.8. The van der Waals surface area contributed by atoms with Crippen molar-refractivity contribution in [3.63, 3.8) is 0 Å². The highest BCUT2D eigenvalue weighted by Crippen LogP contribution is 2.46. The van der Waals surface area contributed by atoms with Crippen LogP contribution >= 0.6 is 24.4 Å².